The Morgan fingerprint density at radius 1 is 0.312 bits per heavy atom. The molecule has 0 bridgehead atoms. The van der Waals surface area contributed by atoms with Gasteiger partial charge in [0.05, 0.1) is 33.5 Å². The molecule has 4 nitrogen and oxygen atoms in total. The van der Waals surface area contributed by atoms with E-state index in [0.717, 1.165) is 68.4 Å². The molecule has 4 heteroatoms. The molecule has 3 aromatic heterocycles. The van der Waals surface area contributed by atoms with Crippen LogP contribution >= 0.6 is 0 Å². The molecule has 0 radical (unpaired) electrons. The van der Waals surface area contributed by atoms with Crippen molar-refractivity contribution in [2.45, 2.75) is 13.3 Å². The second kappa shape index (κ2) is 15.5. The van der Waals surface area contributed by atoms with Gasteiger partial charge in [0.1, 0.15) is 0 Å². The maximum absolute atomic E-state index is 5.31. The van der Waals surface area contributed by atoms with E-state index in [1.807, 2.05) is 18.2 Å². The lowest BCUT2D eigenvalue weighted by atomic mass is 9.95. The zero-order valence-electron chi connectivity index (χ0n) is 35.4. The molecule has 302 valence electrons. The largest absolute Gasteiger partial charge is 0.309 e. The average molecular weight is 819 g/mol. The average Bonchev–Trinajstić information content (AvgIpc) is 3.89. The van der Waals surface area contributed by atoms with Crippen LogP contribution in [-0.2, 0) is 6.42 Å². The Labute approximate surface area is 372 Å². The van der Waals surface area contributed by atoms with E-state index in [9.17, 15) is 0 Å². The minimum absolute atomic E-state index is 0.726. The Balaban J connectivity index is 1.02. The summed E-state index contributed by atoms with van der Waals surface area (Å²) in [5, 5.41) is 4.91. The Kier molecular flexibility index (Phi) is 9.08. The van der Waals surface area contributed by atoms with Crippen LogP contribution in [0.2, 0.25) is 0 Å². The highest BCUT2D eigenvalue weighted by molar-refractivity contribution is 6.13. The van der Waals surface area contributed by atoms with E-state index in [4.69, 9.17) is 9.97 Å². The zero-order chi connectivity index (χ0) is 42.6. The summed E-state index contributed by atoms with van der Waals surface area (Å²) >= 11 is 0. The van der Waals surface area contributed by atoms with Crippen molar-refractivity contribution in [1.82, 2.24) is 19.1 Å². The molecule has 12 rings (SSSR count). The predicted molar refractivity (Wildman–Crippen MR) is 267 cm³/mol. The minimum atomic E-state index is 0.726. The highest BCUT2D eigenvalue weighted by Gasteiger charge is 2.20. The first-order chi connectivity index (χ1) is 31.7. The molecule has 0 spiro atoms. The summed E-state index contributed by atoms with van der Waals surface area (Å²) in [6.45, 7) is 2.20. The Bertz CT molecular complexity index is 3680. The van der Waals surface area contributed by atoms with Crippen molar-refractivity contribution in [3.8, 4) is 67.5 Å². The summed E-state index contributed by atoms with van der Waals surface area (Å²) in [6, 6.07) is 80.6. The lowest BCUT2D eigenvalue weighted by Gasteiger charge is -2.16. The summed E-state index contributed by atoms with van der Waals surface area (Å²) in [4.78, 5) is 10.5. The number of para-hydroxylation sites is 3. The van der Waals surface area contributed by atoms with Gasteiger partial charge in [0, 0.05) is 55.2 Å². The third-order valence-electron chi connectivity index (χ3n) is 12.7. The van der Waals surface area contributed by atoms with Gasteiger partial charge in [-0.15, -0.1) is 0 Å². The molecular formula is C60H42N4. The number of benzene rings is 9. The van der Waals surface area contributed by atoms with E-state index < -0.39 is 0 Å². The first-order valence-electron chi connectivity index (χ1n) is 22.1. The van der Waals surface area contributed by atoms with Crippen LogP contribution in [0.15, 0.2) is 224 Å². The van der Waals surface area contributed by atoms with Gasteiger partial charge in [0.25, 0.3) is 0 Å². The molecule has 0 aliphatic rings. The molecule has 0 aliphatic carbocycles. The summed E-state index contributed by atoms with van der Waals surface area (Å²) < 4.78 is 4.77. The Morgan fingerprint density at radius 2 is 0.703 bits per heavy atom. The highest BCUT2D eigenvalue weighted by Crippen LogP contribution is 2.41. The van der Waals surface area contributed by atoms with E-state index in [0.29, 0.717) is 0 Å². The fraction of sp³-hybridized carbons (Fsp3) is 0.0333. The van der Waals surface area contributed by atoms with Gasteiger partial charge in [-0.1, -0.05) is 159 Å². The molecule has 3 heterocycles. The summed E-state index contributed by atoms with van der Waals surface area (Å²) in [6.07, 6.45) is 0.800. The SMILES string of the molecule is CCc1c(-c2ccccc2)nc(-c2ccccc2)nc1-c1cccc(-c2ccc3c(c2)c2cc(-c4ccc5c(c4)c4ccccc4n5-c4ccccc4)ccc2n3-c2ccccc2)c1. The quantitative estimate of drug-likeness (QED) is 0.153. The van der Waals surface area contributed by atoms with E-state index in [2.05, 4.69) is 222 Å². The maximum atomic E-state index is 5.31. The third kappa shape index (κ3) is 6.30. The molecule has 9 aromatic carbocycles. The molecule has 0 unspecified atom stereocenters. The van der Waals surface area contributed by atoms with Gasteiger partial charge in [0.15, 0.2) is 5.82 Å². The van der Waals surface area contributed by atoms with Crippen LogP contribution in [0, 0.1) is 0 Å². The number of fused-ring (bicyclic) bond motifs is 6. The van der Waals surface area contributed by atoms with Gasteiger partial charge in [-0.3, -0.25) is 0 Å². The van der Waals surface area contributed by atoms with Gasteiger partial charge in [0.2, 0.25) is 0 Å². The molecule has 0 amide bonds. The van der Waals surface area contributed by atoms with Crippen molar-refractivity contribution in [1.29, 1.82) is 0 Å². The van der Waals surface area contributed by atoms with Crippen molar-refractivity contribution in [2.24, 2.45) is 0 Å². The topological polar surface area (TPSA) is 35.6 Å². The third-order valence-corrected chi connectivity index (χ3v) is 12.7. The van der Waals surface area contributed by atoms with Crippen molar-refractivity contribution < 1.29 is 0 Å². The first kappa shape index (κ1) is 37.4. The van der Waals surface area contributed by atoms with Crippen molar-refractivity contribution >= 4 is 43.6 Å². The molecule has 0 aliphatic heterocycles. The Hall–Kier alpha value is -8.34. The molecule has 0 saturated carbocycles. The van der Waals surface area contributed by atoms with E-state index in [-0.39, 0.29) is 0 Å². The van der Waals surface area contributed by atoms with Gasteiger partial charge < -0.3 is 9.13 Å². The number of aromatic nitrogens is 4. The lowest BCUT2D eigenvalue weighted by Crippen LogP contribution is -2.02. The van der Waals surface area contributed by atoms with E-state index >= 15 is 0 Å². The highest BCUT2D eigenvalue weighted by atomic mass is 15.0. The van der Waals surface area contributed by atoms with Crippen molar-refractivity contribution in [3.05, 3.63) is 230 Å². The lowest BCUT2D eigenvalue weighted by molar-refractivity contribution is 1.06. The summed E-state index contributed by atoms with van der Waals surface area (Å²) in [5.74, 6) is 0.726. The molecule has 0 saturated heterocycles. The minimum Gasteiger partial charge on any atom is -0.309 e. The van der Waals surface area contributed by atoms with Crippen molar-refractivity contribution in [3.63, 3.8) is 0 Å². The first-order valence-corrected chi connectivity index (χ1v) is 22.1. The maximum Gasteiger partial charge on any atom is 0.160 e. The van der Waals surface area contributed by atoms with Crippen LogP contribution in [-0.4, -0.2) is 19.1 Å². The van der Waals surface area contributed by atoms with Crippen LogP contribution in [0.3, 0.4) is 0 Å². The molecule has 64 heavy (non-hydrogen) atoms. The number of hydrogen-bond donors (Lipinski definition) is 0. The van der Waals surface area contributed by atoms with Crippen molar-refractivity contribution in [2.75, 3.05) is 0 Å². The van der Waals surface area contributed by atoms with E-state index in [1.165, 1.54) is 54.7 Å². The van der Waals surface area contributed by atoms with Crippen LogP contribution in [0.4, 0.5) is 0 Å². The molecule has 0 atom stereocenters. The van der Waals surface area contributed by atoms with Crippen LogP contribution < -0.4 is 0 Å². The standard InChI is InChI=1S/C60H42N4/c1-2-49-58(40-18-7-3-8-19-40)61-60(41-20-9-4-10-21-41)62-59(49)46-23-17-22-42(36-46)43-30-34-56-52(38-43)53-39-45(32-35-57(53)64(56)48-26-13-6-14-27-48)44-31-33-55-51(37-44)50-28-15-16-29-54(50)63(55)47-24-11-5-12-25-47/h3-39H,2H2,1H3. The number of rotatable bonds is 8. The van der Waals surface area contributed by atoms with Crippen LogP contribution in [0.25, 0.3) is 111 Å². The fourth-order valence-electron chi connectivity index (χ4n) is 9.70. The second-order valence-electron chi connectivity index (χ2n) is 16.4. The summed E-state index contributed by atoms with van der Waals surface area (Å²) in [7, 11) is 0. The van der Waals surface area contributed by atoms with Gasteiger partial charge in [-0.05, 0) is 101 Å². The predicted octanol–water partition coefficient (Wildman–Crippen LogP) is 15.6. The Morgan fingerprint density at radius 3 is 1.23 bits per heavy atom. The number of nitrogens with zero attached hydrogens (tertiary/aromatic N) is 4. The van der Waals surface area contributed by atoms with Crippen LogP contribution in [0.5, 0.6) is 0 Å². The molecule has 0 N–H and O–H groups in total. The summed E-state index contributed by atoms with van der Waals surface area (Å²) in [5.41, 5.74) is 18.0. The molecule has 12 aromatic rings. The smallest absolute Gasteiger partial charge is 0.160 e. The zero-order valence-corrected chi connectivity index (χ0v) is 35.4. The normalized spacial score (nSPS) is 11.6. The number of hydrogen-bond acceptors (Lipinski definition) is 2. The fourth-order valence-corrected chi connectivity index (χ4v) is 9.70. The van der Waals surface area contributed by atoms with Gasteiger partial charge in [-0.25, -0.2) is 9.97 Å². The van der Waals surface area contributed by atoms with E-state index in [1.54, 1.807) is 0 Å². The van der Waals surface area contributed by atoms with Crippen LogP contribution in [0.1, 0.15) is 12.5 Å². The second-order valence-corrected chi connectivity index (χ2v) is 16.4. The van der Waals surface area contributed by atoms with Gasteiger partial charge in [-0.2, -0.15) is 0 Å². The molecule has 0 fully saturated rings. The monoisotopic (exact) mass is 818 g/mol. The van der Waals surface area contributed by atoms with Gasteiger partial charge >= 0.3 is 0 Å². The molecular weight excluding hydrogens is 777 g/mol.